The van der Waals surface area contributed by atoms with Crippen LogP contribution in [0, 0.1) is 0 Å². The van der Waals surface area contributed by atoms with Gasteiger partial charge in [0, 0.05) is 19.7 Å². The van der Waals surface area contributed by atoms with Crippen LogP contribution in [0.3, 0.4) is 0 Å². The fourth-order valence-corrected chi connectivity index (χ4v) is 3.67. The molecule has 0 radical (unpaired) electrons. The van der Waals surface area contributed by atoms with Gasteiger partial charge in [-0.2, -0.15) is 13.2 Å². The van der Waals surface area contributed by atoms with Crippen molar-refractivity contribution in [3.05, 3.63) is 70.9 Å². The maximum atomic E-state index is 13.5. The summed E-state index contributed by atoms with van der Waals surface area (Å²) in [5, 5.41) is 2.57. The lowest BCUT2D eigenvalue weighted by molar-refractivity contribution is -0.138. The molecule has 170 valence electrons. The molecule has 3 rings (SSSR count). The summed E-state index contributed by atoms with van der Waals surface area (Å²) >= 11 is 0. The van der Waals surface area contributed by atoms with Gasteiger partial charge in [0.25, 0.3) is 0 Å². The van der Waals surface area contributed by atoms with Crippen molar-refractivity contribution >= 4 is 17.9 Å². The van der Waals surface area contributed by atoms with Gasteiger partial charge < -0.3 is 15.0 Å². The van der Waals surface area contributed by atoms with E-state index in [0.29, 0.717) is 0 Å². The van der Waals surface area contributed by atoms with Crippen molar-refractivity contribution in [2.75, 3.05) is 0 Å². The molecule has 5 nitrogen and oxygen atoms in total. The van der Waals surface area contributed by atoms with Gasteiger partial charge in [-0.3, -0.25) is 9.59 Å². The summed E-state index contributed by atoms with van der Waals surface area (Å²) < 4.78 is 46.0. The zero-order valence-corrected chi connectivity index (χ0v) is 18.1. The Balaban J connectivity index is 1.75. The Morgan fingerprint density at radius 2 is 1.88 bits per heavy atom. The normalized spacial score (nSPS) is 15.5. The molecule has 0 saturated heterocycles. The zero-order chi connectivity index (χ0) is 23.5. The fourth-order valence-electron chi connectivity index (χ4n) is 3.67. The molecule has 2 aromatic rings. The summed E-state index contributed by atoms with van der Waals surface area (Å²) in [7, 11) is 0. The van der Waals surface area contributed by atoms with E-state index < -0.39 is 23.7 Å². The summed E-state index contributed by atoms with van der Waals surface area (Å²) in [5.74, 6) is -0.569. The number of rotatable bonds is 6. The van der Waals surface area contributed by atoms with Crippen molar-refractivity contribution in [1.29, 1.82) is 0 Å². The van der Waals surface area contributed by atoms with Crippen molar-refractivity contribution in [3.8, 4) is 5.75 Å². The van der Waals surface area contributed by atoms with Gasteiger partial charge in [-0.05, 0) is 48.7 Å². The minimum Gasteiger partial charge on any atom is -0.491 e. The first-order valence-corrected chi connectivity index (χ1v) is 10.3. The number of ether oxygens (including phenoxy) is 1. The molecule has 0 spiro atoms. The number of alkyl halides is 3. The van der Waals surface area contributed by atoms with Crippen molar-refractivity contribution in [1.82, 2.24) is 10.2 Å². The molecule has 0 fully saturated rings. The van der Waals surface area contributed by atoms with Crippen LogP contribution in [0.4, 0.5) is 13.2 Å². The predicted molar refractivity (Wildman–Crippen MR) is 114 cm³/mol. The van der Waals surface area contributed by atoms with Crippen LogP contribution in [-0.4, -0.2) is 22.8 Å². The van der Waals surface area contributed by atoms with Crippen LogP contribution < -0.4 is 10.1 Å². The first-order valence-electron chi connectivity index (χ1n) is 10.3. The summed E-state index contributed by atoms with van der Waals surface area (Å²) in [4.78, 5) is 26.2. The highest BCUT2D eigenvalue weighted by atomic mass is 19.4. The van der Waals surface area contributed by atoms with Gasteiger partial charge in [0.05, 0.1) is 24.1 Å². The molecule has 1 unspecified atom stereocenters. The van der Waals surface area contributed by atoms with E-state index in [0.717, 1.165) is 17.2 Å². The molecule has 0 saturated carbocycles. The first kappa shape index (κ1) is 23.4. The third kappa shape index (κ3) is 5.49. The molecular weight excluding hydrogens is 421 g/mol. The van der Waals surface area contributed by atoms with Crippen LogP contribution in [0.1, 0.15) is 55.5 Å². The molecule has 1 aliphatic rings. The number of amides is 2. The summed E-state index contributed by atoms with van der Waals surface area (Å²) in [6, 6.07) is 10.6. The van der Waals surface area contributed by atoms with Gasteiger partial charge in [-0.15, -0.1) is 0 Å². The fraction of sp³-hybridized carbons (Fsp3) is 0.333. The summed E-state index contributed by atoms with van der Waals surface area (Å²) in [6.45, 7) is 4.56. The molecule has 2 amide bonds. The van der Waals surface area contributed by atoms with Gasteiger partial charge in [0.15, 0.2) is 0 Å². The molecule has 2 aromatic carbocycles. The highest BCUT2D eigenvalue weighted by Crippen LogP contribution is 2.35. The first-order chi connectivity index (χ1) is 15.1. The molecule has 1 heterocycles. The van der Waals surface area contributed by atoms with Crippen molar-refractivity contribution in [2.24, 2.45) is 0 Å². The number of carbonyl (C=O) groups excluding carboxylic acids is 2. The Labute approximate surface area is 184 Å². The van der Waals surface area contributed by atoms with E-state index in [1.54, 1.807) is 26.1 Å². The second-order valence-corrected chi connectivity index (χ2v) is 7.85. The maximum absolute atomic E-state index is 13.5. The molecule has 1 atom stereocenters. The molecule has 32 heavy (non-hydrogen) atoms. The van der Waals surface area contributed by atoms with Crippen molar-refractivity contribution < 1.29 is 27.5 Å². The van der Waals surface area contributed by atoms with E-state index in [9.17, 15) is 22.8 Å². The van der Waals surface area contributed by atoms with Crippen molar-refractivity contribution in [3.63, 3.8) is 0 Å². The molecule has 1 aliphatic heterocycles. The van der Waals surface area contributed by atoms with E-state index in [1.165, 1.54) is 24.0 Å². The van der Waals surface area contributed by atoms with Gasteiger partial charge in [0.1, 0.15) is 5.75 Å². The number of hydrogen-bond donors (Lipinski definition) is 1. The minimum absolute atomic E-state index is 0.0608. The van der Waals surface area contributed by atoms with Crippen LogP contribution in [0.15, 0.2) is 48.7 Å². The van der Waals surface area contributed by atoms with Crippen LogP contribution in [0.2, 0.25) is 0 Å². The number of nitrogens with zero attached hydrogens (tertiary/aromatic N) is 1. The number of nitrogens with one attached hydrogen (secondary N) is 1. The highest BCUT2D eigenvalue weighted by Gasteiger charge is 2.34. The second-order valence-electron chi connectivity index (χ2n) is 7.85. The lowest BCUT2D eigenvalue weighted by Gasteiger charge is -2.32. The summed E-state index contributed by atoms with van der Waals surface area (Å²) in [6.07, 6.45) is -1.51. The van der Waals surface area contributed by atoms with Crippen LogP contribution in [0.25, 0.3) is 6.08 Å². The molecule has 8 heteroatoms. The van der Waals surface area contributed by atoms with Gasteiger partial charge >= 0.3 is 6.18 Å². The van der Waals surface area contributed by atoms with Crippen LogP contribution in [0.5, 0.6) is 5.75 Å². The topological polar surface area (TPSA) is 58.6 Å². The predicted octanol–water partition coefficient (Wildman–Crippen LogP) is 5.07. The number of halogens is 3. The van der Waals surface area contributed by atoms with E-state index in [2.05, 4.69) is 5.32 Å². The van der Waals surface area contributed by atoms with Gasteiger partial charge in [0.2, 0.25) is 11.8 Å². The Bertz CT molecular complexity index is 1030. The highest BCUT2D eigenvalue weighted by molar-refractivity contribution is 5.81. The third-order valence-electron chi connectivity index (χ3n) is 5.08. The van der Waals surface area contributed by atoms with E-state index in [4.69, 9.17) is 4.74 Å². The number of carbonyl (C=O) groups is 2. The van der Waals surface area contributed by atoms with Crippen LogP contribution in [-0.2, 0) is 22.3 Å². The molecular formula is C24H25F3N2O3. The maximum Gasteiger partial charge on any atom is 0.416 e. The standard InChI is InChI=1S/C24H25F3N2O3/c1-15(2)32-19-9-8-18(21(12-19)24(25,26)27)14-28-23(31)13-22-20-7-5-4-6-17(20)10-11-29(22)16(3)30/h4-12,15,22H,13-14H2,1-3H3,(H,28,31). The van der Waals surface area contributed by atoms with Gasteiger partial charge in [-0.25, -0.2) is 0 Å². The SMILES string of the molecule is CC(=O)N1C=Cc2ccccc2C1CC(=O)NCc1ccc(OC(C)C)cc1C(F)(F)F. The number of benzene rings is 2. The van der Waals surface area contributed by atoms with E-state index in [-0.39, 0.29) is 36.3 Å². The monoisotopic (exact) mass is 446 g/mol. The third-order valence-corrected chi connectivity index (χ3v) is 5.08. The van der Waals surface area contributed by atoms with E-state index in [1.807, 2.05) is 24.3 Å². The Morgan fingerprint density at radius 3 is 2.53 bits per heavy atom. The Kier molecular flexibility index (Phi) is 6.91. The summed E-state index contributed by atoms with van der Waals surface area (Å²) in [5.41, 5.74) is 0.788. The molecule has 0 bridgehead atoms. The molecule has 0 aliphatic carbocycles. The lowest BCUT2D eigenvalue weighted by atomic mass is 9.93. The Hall–Kier alpha value is -3.29. The zero-order valence-electron chi connectivity index (χ0n) is 18.1. The lowest BCUT2D eigenvalue weighted by Crippen LogP contribution is -2.35. The quantitative estimate of drug-likeness (QED) is 0.674. The van der Waals surface area contributed by atoms with Gasteiger partial charge in [-0.1, -0.05) is 30.3 Å². The molecule has 1 N–H and O–H groups in total. The average molecular weight is 446 g/mol. The number of hydrogen-bond acceptors (Lipinski definition) is 3. The minimum atomic E-state index is -4.59. The van der Waals surface area contributed by atoms with E-state index >= 15 is 0 Å². The number of fused-ring (bicyclic) bond motifs is 1. The molecule has 0 aromatic heterocycles. The average Bonchev–Trinajstić information content (AvgIpc) is 2.71. The van der Waals surface area contributed by atoms with Crippen molar-refractivity contribution in [2.45, 2.75) is 52.1 Å². The smallest absolute Gasteiger partial charge is 0.416 e. The largest absolute Gasteiger partial charge is 0.491 e. The Morgan fingerprint density at radius 1 is 1.16 bits per heavy atom. The second kappa shape index (κ2) is 9.46. The van der Waals surface area contributed by atoms with Crippen LogP contribution >= 0.6 is 0 Å².